The van der Waals surface area contributed by atoms with Crippen molar-refractivity contribution in [1.82, 2.24) is 0 Å². The molecule has 0 radical (unpaired) electrons. The van der Waals surface area contributed by atoms with Gasteiger partial charge in [-0.1, -0.05) is 26.3 Å². The lowest BCUT2D eigenvalue weighted by atomic mass is 9.50. The highest BCUT2D eigenvalue weighted by atomic mass is 16.4. The molecule has 1 saturated carbocycles. The van der Waals surface area contributed by atoms with Crippen molar-refractivity contribution in [1.29, 1.82) is 0 Å². The maximum Gasteiger partial charge on any atom is 0.115 e. The van der Waals surface area contributed by atoms with Gasteiger partial charge in [0.15, 0.2) is 0 Å². The maximum atomic E-state index is 11.7. The highest BCUT2D eigenvalue weighted by Gasteiger charge is 2.52. The molecule has 2 aliphatic carbocycles. The highest BCUT2D eigenvalue weighted by Crippen LogP contribution is 2.57. The lowest BCUT2D eigenvalue weighted by molar-refractivity contribution is -0.324. The number of phenols is 1. The van der Waals surface area contributed by atoms with Gasteiger partial charge in [0, 0.05) is 11.4 Å². The summed E-state index contributed by atoms with van der Waals surface area (Å²) in [6.45, 7) is 4.01. The molecule has 108 valence electrons. The SMILES string of the molecule is C[C@@]12CCC[C@](C)(C(=O)[O-])[C@@H]1CCc1ccc(O)cc12. The molecule has 0 aliphatic heterocycles. The van der Waals surface area contributed by atoms with E-state index < -0.39 is 11.4 Å². The highest BCUT2D eigenvalue weighted by molar-refractivity contribution is 5.73. The molecule has 1 aromatic rings. The minimum Gasteiger partial charge on any atom is -0.550 e. The van der Waals surface area contributed by atoms with E-state index in [4.69, 9.17) is 0 Å². The number of benzene rings is 1. The number of hydrogen-bond acceptors (Lipinski definition) is 3. The summed E-state index contributed by atoms with van der Waals surface area (Å²) < 4.78 is 0. The van der Waals surface area contributed by atoms with Gasteiger partial charge < -0.3 is 15.0 Å². The van der Waals surface area contributed by atoms with Crippen molar-refractivity contribution >= 4 is 5.97 Å². The molecule has 0 aromatic heterocycles. The first-order valence-electron chi connectivity index (χ1n) is 7.42. The summed E-state index contributed by atoms with van der Waals surface area (Å²) in [4.78, 5) is 11.7. The second-order valence-corrected chi connectivity index (χ2v) is 6.91. The lowest BCUT2D eigenvalue weighted by Gasteiger charge is -2.55. The number of carboxylic acids is 1. The minimum absolute atomic E-state index is 0.0862. The molecular formula is C17H21O3-. The Morgan fingerprint density at radius 1 is 1.35 bits per heavy atom. The van der Waals surface area contributed by atoms with E-state index in [2.05, 4.69) is 6.92 Å². The molecule has 0 amide bonds. The summed E-state index contributed by atoms with van der Waals surface area (Å²) in [6, 6.07) is 5.54. The topological polar surface area (TPSA) is 60.4 Å². The van der Waals surface area contributed by atoms with Crippen LogP contribution in [0.2, 0.25) is 0 Å². The number of aliphatic carboxylic acids is 1. The van der Waals surface area contributed by atoms with E-state index in [0.29, 0.717) is 6.42 Å². The summed E-state index contributed by atoms with van der Waals surface area (Å²) in [6.07, 6.45) is 4.35. The molecule has 0 spiro atoms. The molecule has 0 unspecified atom stereocenters. The smallest absolute Gasteiger partial charge is 0.115 e. The number of aromatic hydroxyl groups is 1. The van der Waals surface area contributed by atoms with Crippen LogP contribution in [0.3, 0.4) is 0 Å². The van der Waals surface area contributed by atoms with Crippen molar-refractivity contribution in [2.45, 2.75) is 51.4 Å². The number of aryl methyl sites for hydroxylation is 1. The molecule has 1 aromatic carbocycles. The fourth-order valence-electron chi connectivity index (χ4n) is 4.69. The Balaban J connectivity index is 2.13. The van der Waals surface area contributed by atoms with Gasteiger partial charge in [0.25, 0.3) is 0 Å². The summed E-state index contributed by atoms with van der Waals surface area (Å²) >= 11 is 0. The van der Waals surface area contributed by atoms with Crippen LogP contribution in [0.15, 0.2) is 18.2 Å². The van der Waals surface area contributed by atoms with Crippen molar-refractivity contribution in [3.63, 3.8) is 0 Å². The van der Waals surface area contributed by atoms with Gasteiger partial charge in [-0.25, -0.2) is 0 Å². The number of carbonyl (C=O) groups is 1. The van der Waals surface area contributed by atoms with Gasteiger partial charge in [0.1, 0.15) is 5.75 Å². The van der Waals surface area contributed by atoms with Crippen molar-refractivity contribution in [3.8, 4) is 5.75 Å². The van der Waals surface area contributed by atoms with Crippen LogP contribution in [-0.4, -0.2) is 11.1 Å². The van der Waals surface area contributed by atoms with E-state index >= 15 is 0 Å². The van der Waals surface area contributed by atoms with Crippen molar-refractivity contribution in [2.24, 2.45) is 11.3 Å². The standard InChI is InChI=1S/C17H22O3/c1-16-8-3-9-17(2,15(19)20)14(16)7-5-11-4-6-12(18)10-13(11)16/h4,6,10,14,18H,3,5,7-9H2,1-2H3,(H,19,20)/p-1/t14-,16+,17+/m1/s1. The van der Waals surface area contributed by atoms with Crippen molar-refractivity contribution in [2.75, 3.05) is 0 Å². The first-order chi connectivity index (χ1) is 9.38. The molecule has 3 heteroatoms. The molecule has 0 heterocycles. The number of rotatable bonds is 1. The largest absolute Gasteiger partial charge is 0.550 e. The Hall–Kier alpha value is -1.51. The first-order valence-corrected chi connectivity index (χ1v) is 7.42. The van der Waals surface area contributed by atoms with Crippen LogP contribution < -0.4 is 5.11 Å². The maximum absolute atomic E-state index is 11.7. The van der Waals surface area contributed by atoms with Gasteiger partial charge in [-0.3, -0.25) is 0 Å². The molecular weight excluding hydrogens is 252 g/mol. The predicted molar refractivity (Wildman–Crippen MR) is 74.2 cm³/mol. The summed E-state index contributed by atoms with van der Waals surface area (Å²) in [5.41, 5.74) is 1.47. The molecule has 1 N–H and O–H groups in total. The van der Waals surface area contributed by atoms with E-state index in [9.17, 15) is 15.0 Å². The van der Waals surface area contributed by atoms with Crippen LogP contribution in [0, 0.1) is 11.3 Å². The van der Waals surface area contributed by atoms with E-state index in [-0.39, 0.29) is 17.1 Å². The summed E-state index contributed by atoms with van der Waals surface area (Å²) in [5, 5.41) is 21.5. The van der Waals surface area contributed by atoms with Gasteiger partial charge in [0.05, 0.1) is 0 Å². The van der Waals surface area contributed by atoms with E-state index in [0.717, 1.165) is 31.2 Å². The summed E-state index contributed by atoms with van der Waals surface area (Å²) in [5.74, 6) is -0.563. The third kappa shape index (κ3) is 1.68. The summed E-state index contributed by atoms with van der Waals surface area (Å²) in [7, 11) is 0. The number of fused-ring (bicyclic) bond motifs is 3. The van der Waals surface area contributed by atoms with E-state index in [1.165, 1.54) is 5.56 Å². The number of carboxylic acid groups (broad SMARTS) is 1. The molecule has 3 atom stereocenters. The van der Waals surface area contributed by atoms with Gasteiger partial charge in [0.2, 0.25) is 0 Å². The Labute approximate surface area is 119 Å². The van der Waals surface area contributed by atoms with Gasteiger partial charge in [-0.05, 0) is 60.3 Å². The third-order valence-electron chi connectivity index (χ3n) is 5.81. The molecule has 20 heavy (non-hydrogen) atoms. The number of hydrogen-bond donors (Lipinski definition) is 1. The van der Waals surface area contributed by atoms with Crippen LogP contribution in [0.25, 0.3) is 0 Å². The van der Waals surface area contributed by atoms with Crippen LogP contribution >= 0.6 is 0 Å². The number of phenolic OH excluding ortho intramolecular Hbond substituents is 1. The molecule has 0 bridgehead atoms. The molecule has 1 fully saturated rings. The van der Waals surface area contributed by atoms with Crippen molar-refractivity contribution < 1.29 is 15.0 Å². The normalized spacial score (nSPS) is 36.0. The molecule has 2 aliphatic rings. The second-order valence-electron chi connectivity index (χ2n) is 6.91. The molecule has 3 rings (SSSR count). The average Bonchev–Trinajstić information content (AvgIpc) is 2.39. The predicted octanol–water partition coefficient (Wildman–Crippen LogP) is 2.15. The van der Waals surface area contributed by atoms with Crippen LogP contribution in [0.5, 0.6) is 5.75 Å². The minimum atomic E-state index is -0.919. The van der Waals surface area contributed by atoms with E-state index in [1.54, 1.807) is 6.07 Å². The Morgan fingerprint density at radius 3 is 2.80 bits per heavy atom. The third-order valence-corrected chi connectivity index (χ3v) is 5.81. The van der Waals surface area contributed by atoms with Gasteiger partial charge >= 0.3 is 0 Å². The van der Waals surface area contributed by atoms with Crippen LogP contribution in [-0.2, 0) is 16.6 Å². The zero-order valence-electron chi connectivity index (χ0n) is 12.1. The van der Waals surface area contributed by atoms with Crippen molar-refractivity contribution in [3.05, 3.63) is 29.3 Å². The van der Waals surface area contributed by atoms with Crippen LogP contribution in [0.1, 0.15) is 50.7 Å². The lowest BCUT2D eigenvalue weighted by Crippen LogP contribution is -2.56. The Bertz CT molecular complexity index is 565. The quantitative estimate of drug-likeness (QED) is 0.853. The Kier molecular flexibility index (Phi) is 2.86. The van der Waals surface area contributed by atoms with Gasteiger partial charge in [-0.2, -0.15) is 0 Å². The number of carbonyl (C=O) groups excluding carboxylic acids is 1. The zero-order chi connectivity index (χ0) is 14.5. The van der Waals surface area contributed by atoms with E-state index in [1.807, 2.05) is 19.1 Å². The average molecular weight is 273 g/mol. The fourth-order valence-corrected chi connectivity index (χ4v) is 4.69. The monoisotopic (exact) mass is 273 g/mol. The fraction of sp³-hybridized carbons (Fsp3) is 0.588. The first kappa shape index (κ1) is 13.5. The second kappa shape index (κ2) is 4.24. The van der Waals surface area contributed by atoms with Crippen LogP contribution in [0.4, 0.5) is 0 Å². The Morgan fingerprint density at radius 2 is 2.10 bits per heavy atom. The molecule has 3 nitrogen and oxygen atoms in total. The van der Waals surface area contributed by atoms with Gasteiger partial charge in [-0.15, -0.1) is 0 Å². The molecule has 0 saturated heterocycles. The zero-order valence-corrected chi connectivity index (χ0v) is 12.1.